The zero-order valence-electron chi connectivity index (χ0n) is 12.0. The minimum Gasteiger partial charge on any atom is -0.516 e. The molecule has 0 saturated heterocycles. The molecule has 7 nitrogen and oxygen atoms in total. The highest BCUT2D eigenvalue weighted by molar-refractivity contribution is 5.96. The van der Waals surface area contributed by atoms with Crippen molar-refractivity contribution in [3.63, 3.8) is 0 Å². The number of fused-ring (bicyclic) bond motifs is 1. The molecule has 0 amide bonds. The van der Waals surface area contributed by atoms with Crippen molar-refractivity contribution in [2.45, 2.75) is 13.8 Å². The number of aryl methyl sites for hydroxylation is 1. The van der Waals surface area contributed by atoms with Gasteiger partial charge in [-0.15, -0.1) is 0 Å². The molecule has 0 aliphatic carbocycles. The summed E-state index contributed by atoms with van der Waals surface area (Å²) in [6.07, 6.45) is 11.1. The normalized spacial score (nSPS) is 18.2. The Labute approximate surface area is 123 Å². The van der Waals surface area contributed by atoms with E-state index in [2.05, 4.69) is 27.3 Å². The smallest absolute Gasteiger partial charge is 0.138 e. The summed E-state index contributed by atoms with van der Waals surface area (Å²) in [6.45, 7) is 8.33. The van der Waals surface area contributed by atoms with Gasteiger partial charge in [-0.2, -0.15) is 5.10 Å². The van der Waals surface area contributed by atoms with E-state index in [1.165, 1.54) is 6.33 Å². The molecule has 2 aliphatic heterocycles. The molecule has 7 heteroatoms. The van der Waals surface area contributed by atoms with E-state index in [-0.39, 0.29) is 0 Å². The van der Waals surface area contributed by atoms with E-state index < -0.39 is 0 Å². The molecule has 0 N–H and O–H groups in total. The van der Waals surface area contributed by atoms with Crippen molar-refractivity contribution < 1.29 is 0 Å². The molecule has 0 aromatic carbocycles. The molecule has 3 rings (SSSR count). The number of allylic oxidation sites excluding steroid dienone is 2. The molecule has 0 bridgehead atoms. The van der Waals surface area contributed by atoms with E-state index >= 15 is 0 Å². The monoisotopic (exact) mass is 282 g/mol. The summed E-state index contributed by atoms with van der Waals surface area (Å²) in [5.74, 6) is 1.63. The lowest BCUT2D eigenvalue weighted by atomic mass is 10.2. The van der Waals surface area contributed by atoms with Crippen LogP contribution < -0.4 is 0 Å². The number of rotatable bonds is 4. The summed E-state index contributed by atoms with van der Waals surface area (Å²) < 4.78 is 1.71. The van der Waals surface area contributed by atoms with Gasteiger partial charge in [0, 0.05) is 18.9 Å². The zero-order valence-corrected chi connectivity index (χ0v) is 12.0. The maximum Gasteiger partial charge on any atom is 0.138 e. The van der Waals surface area contributed by atoms with Crippen LogP contribution in [0.5, 0.6) is 0 Å². The Kier molecular flexibility index (Phi) is 3.41. The van der Waals surface area contributed by atoms with Gasteiger partial charge in [0.2, 0.25) is 0 Å². The van der Waals surface area contributed by atoms with E-state index in [1.54, 1.807) is 15.9 Å². The second kappa shape index (κ2) is 5.37. The zero-order chi connectivity index (χ0) is 14.8. The van der Waals surface area contributed by atoms with Crippen LogP contribution in [0.15, 0.2) is 53.6 Å². The highest BCUT2D eigenvalue weighted by atomic mass is 15.9. The highest BCUT2D eigenvalue weighted by Crippen LogP contribution is 2.23. The van der Waals surface area contributed by atoms with Crippen LogP contribution in [0.1, 0.15) is 12.7 Å². The predicted octanol–water partition coefficient (Wildman–Crippen LogP) is 2.22. The fourth-order valence-corrected chi connectivity index (χ4v) is 2.01. The van der Waals surface area contributed by atoms with Gasteiger partial charge >= 0.3 is 0 Å². The van der Waals surface area contributed by atoms with E-state index in [0.717, 1.165) is 22.8 Å². The third kappa shape index (κ3) is 2.63. The van der Waals surface area contributed by atoms with Crippen LogP contribution in [-0.2, 0) is 0 Å². The fourth-order valence-electron chi connectivity index (χ4n) is 2.01. The van der Waals surface area contributed by atoms with Crippen molar-refractivity contribution in [2.75, 3.05) is 6.54 Å². The molecule has 0 saturated carbocycles. The van der Waals surface area contributed by atoms with Gasteiger partial charge in [-0.1, -0.05) is 18.7 Å². The van der Waals surface area contributed by atoms with E-state index in [4.69, 9.17) is 0 Å². The van der Waals surface area contributed by atoms with Crippen molar-refractivity contribution in [1.82, 2.24) is 24.9 Å². The first-order valence-corrected chi connectivity index (χ1v) is 6.58. The molecule has 1 aromatic rings. The molecule has 2 aliphatic rings. The average molecular weight is 282 g/mol. The molecule has 21 heavy (non-hydrogen) atoms. The Morgan fingerprint density at radius 3 is 2.95 bits per heavy atom. The van der Waals surface area contributed by atoms with Gasteiger partial charge < -0.3 is 10.6 Å². The second-order valence-electron chi connectivity index (χ2n) is 4.79. The Morgan fingerprint density at radius 2 is 2.24 bits per heavy atom. The van der Waals surface area contributed by atoms with Crippen molar-refractivity contribution in [2.24, 2.45) is 5.10 Å². The van der Waals surface area contributed by atoms with E-state index in [9.17, 15) is 0 Å². The van der Waals surface area contributed by atoms with Crippen molar-refractivity contribution in [1.29, 1.82) is 0 Å². The second-order valence-corrected chi connectivity index (χ2v) is 4.79. The van der Waals surface area contributed by atoms with Crippen LogP contribution in [0.25, 0.3) is 11.7 Å². The third-order valence-electron chi connectivity index (χ3n) is 3.18. The number of amidine groups is 1. The molecule has 0 fully saturated rings. The van der Waals surface area contributed by atoms with Gasteiger partial charge in [0.15, 0.2) is 0 Å². The molecule has 0 unspecified atom stereocenters. The van der Waals surface area contributed by atoms with Gasteiger partial charge in [-0.3, -0.25) is 10.1 Å². The van der Waals surface area contributed by atoms with Crippen molar-refractivity contribution >= 4 is 12.0 Å². The average Bonchev–Trinajstić information content (AvgIpc) is 3.05. The largest absolute Gasteiger partial charge is 0.516 e. The first-order chi connectivity index (χ1) is 10.2. The lowest BCUT2D eigenvalue weighted by molar-refractivity contribution is 0.173. The standard InChI is InChI=1S/C14H16N7/c1-4-13(8-19-12(3)15-10-16-19)9-21-18-17-14-6-5-11(2)7-20(14)21/h4-8,10H,1,9H2,2-3H3/q-1/b13-8+. The van der Waals surface area contributed by atoms with Gasteiger partial charge in [-0.25, -0.2) is 9.67 Å². The SMILES string of the molecule is C=C/C(=C\n1ncnc1C)CN1[N-]N=C2C=CC(C)=CN21. The van der Waals surface area contributed by atoms with Crippen molar-refractivity contribution in [3.05, 3.63) is 59.8 Å². The summed E-state index contributed by atoms with van der Waals surface area (Å²) in [5, 5.41) is 12.0. The molecule has 108 valence electrons. The summed E-state index contributed by atoms with van der Waals surface area (Å²) in [4.78, 5) is 4.10. The highest BCUT2D eigenvalue weighted by Gasteiger charge is 2.17. The molecular formula is C14H16N7-. The van der Waals surface area contributed by atoms with Gasteiger partial charge in [-0.05, 0) is 31.1 Å². The number of hydrogen-bond donors (Lipinski definition) is 0. The van der Waals surface area contributed by atoms with Crippen LogP contribution in [0.4, 0.5) is 0 Å². The molecule has 0 spiro atoms. The minimum atomic E-state index is 0.549. The number of aromatic nitrogens is 3. The summed E-state index contributed by atoms with van der Waals surface area (Å²) in [7, 11) is 0. The van der Waals surface area contributed by atoms with Crippen LogP contribution in [0.2, 0.25) is 0 Å². The molecule has 3 heterocycles. The molecule has 0 atom stereocenters. The molecule has 0 radical (unpaired) electrons. The van der Waals surface area contributed by atoms with Gasteiger partial charge in [0.25, 0.3) is 0 Å². The Morgan fingerprint density at radius 1 is 1.38 bits per heavy atom. The Balaban J connectivity index is 1.77. The first-order valence-electron chi connectivity index (χ1n) is 6.58. The number of hydrazine groups is 1. The predicted molar refractivity (Wildman–Crippen MR) is 81.5 cm³/mol. The summed E-state index contributed by atoms with van der Waals surface area (Å²) in [6, 6.07) is 0. The molecule has 1 aromatic heterocycles. The lowest BCUT2D eigenvalue weighted by Crippen LogP contribution is -2.36. The van der Waals surface area contributed by atoms with Crippen LogP contribution in [-0.4, -0.2) is 37.3 Å². The van der Waals surface area contributed by atoms with Gasteiger partial charge in [0.1, 0.15) is 18.0 Å². The first kappa shape index (κ1) is 13.3. The summed E-state index contributed by atoms with van der Waals surface area (Å²) >= 11 is 0. The van der Waals surface area contributed by atoms with Gasteiger partial charge in [0.05, 0.1) is 0 Å². The quantitative estimate of drug-likeness (QED) is 0.794. The Bertz CT molecular complexity index is 677. The maximum atomic E-state index is 4.17. The Hall–Kier alpha value is -2.67. The van der Waals surface area contributed by atoms with Crippen LogP contribution in [0, 0.1) is 6.92 Å². The topological polar surface area (TPSA) is 63.7 Å². The third-order valence-corrected chi connectivity index (χ3v) is 3.18. The van der Waals surface area contributed by atoms with E-state index in [1.807, 2.05) is 43.4 Å². The van der Waals surface area contributed by atoms with Crippen molar-refractivity contribution in [3.8, 4) is 0 Å². The molecular weight excluding hydrogens is 266 g/mol. The van der Waals surface area contributed by atoms with Crippen LogP contribution >= 0.6 is 0 Å². The summed E-state index contributed by atoms with van der Waals surface area (Å²) in [5.41, 5.74) is 6.28. The van der Waals surface area contributed by atoms with Crippen LogP contribution in [0.3, 0.4) is 0 Å². The fraction of sp³-hybridized carbons (Fsp3) is 0.214. The number of nitrogens with zero attached hydrogens (tertiary/aromatic N) is 7. The maximum absolute atomic E-state index is 4.17. The number of hydrogen-bond acceptors (Lipinski definition) is 5. The lowest BCUT2D eigenvalue weighted by Gasteiger charge is -2.36. The van der Waals surface area contributed by atoms with E-state index in [0.29, 0.717) is 6.54 Å². The minimum absolute atomic E-state index is 0.549.